The van der Waals surface area contributed by atoms with Crippen molar-refractivity contribution in [3.63, 3.8) is 0 Å². The molecule has 5 rings (SSSR count). The molecule has 2 atom stereocenters. The molecule has 2 heterocycles. The van der Waals surface area contributed by atoms with Crippen molar-refractivity contribution in [1.82, 2.24) is 9.80 Å². The minimum absolute atomic E-state index is 0.0340. The SMILES string of the molecule is COc1ccc([C@H]2[C@@H](C(=O)N3CCN(c4ccccc4OC)CC3)c3cc(OC)c(OC)cc3C(=O)N2C)cc1. The topological polar surface area (TPSA) is 80.8 Å². The molecular formula is C31H35N3O6. The molecular weight excluding hydrogens is 510 g/mol. The number of fused-ring (bicyclic) bond motifs is 1. The summed E-state index contributed by atoms with van der Waals surface area (Å²) in [5.74, 6) is 1.59. The summed E-state index contributed by atoms with van der Waals surface area (Å²) >= 11 is 0. The van der Waals surface area contributed by atoms with Gasteiger partial charge in [0.15, 0.2) is 11.5 Å². The van der Waals surface area contributed by atoms with E-state index >= 15 is 0 Å². The van der Waals surface area contributed by atoms with Gasteiger partial charge in [-0.2, -0.15) is 0 Å². The lowest BCUT2D eigenvalue weighted by atomic mass is 9.78. The van der Waals surface area contributed by atoms with Crippen LogP contribution in [0.3, 0.4) is 0 Å². The van der Waals surface area contributed by atoms with Crippen LogP contribution in [-0.2, 0) is 4.79 Å². The molecule has 0 radical (unpaired) electrons. The molecule has 1 fully saturated rings. The summed E-state index contributed by atoms with van der Waals surface area (Å²) in [4.78, 5) is 33.9. The molecule has 0 spiro atoms. The van der Waals surface area contributed by atoms with Crippen LogP contribution in [0.2, 0.25) is 0 Å². The molecule has 40 heavy (non-hydrogen) atoms. The van der Waals surface area contributed by atoms with E-state index in [1.165, 1.54) is 7.11 Å². The highest BCUT2D eigenvalue weighted by atomic mass is 16.5. The standard InChI is InChI=1S/C31H35N3O6/c1-32-29(20-10-12-21(37-2)13-11-20)28(22-18-26(39-4)27(40-5)19-23(22)30(32)35)31(36)34-16-14-33(15-17-34)24-8-6-7-9-25(24)38-3/h6-13,18-19,28-29H,14-17H2,1-5H3/t28-,29-/m0/s1. The van der Waals surface area contributed by atoms with Gasteiger partial charge in [-0.25, -0.2) is 0 Å². The van der Waals surface area contributed by atoms with Crippen molar-refractivity contribution in [2.24, 2.45) is 0 Å². The number of anilines is 1. The van der Waals surface area contributed by atoms with E-state index in [1.54, 1.807) is 45.4 Å². The van der Waals surface area contributed by atoms with Crippen molar-refractivity contribution in [2.45, 2.75) is 12.0 Å². The number of ether oxygens (including phenoxy) is 4. The van der Waals surface area contributed by atoms with Crippen molar-refractivity contribution in [1.29, 1.82) is 0 Å². The Morgan fingerprint density at radius 2 is 1.40 bits per heavy atom. The first-order chi connectivity index (χ1) is 19.4. The molecule has 0 N–H and O–H groups in total. The fourth-order valence-corrected chi connectivity index (χ4v) is 5.79. The van der Waals surface area contributed by atoms with Crippen LogP contribution >= 0.6 is 0 Å². The lowest BCUT2D eigenvalue weighted by Gasteiger charge is -2.43. The van der Waals surface area contributed by atoms with E-state index < -0.39 is 12.0 Å². The van der Waals surface area contributed by atoms with Crippen LogP contribution in [-0.4, -0.2) is 83.3 Å². The van der Waals surface area contributed by atoms with E-state index in [0.29, 0.717) is 54.6 Å². The van der Waals surface area contributed by atoms with Crippen LogP contribution in [0.5, 0.6) is 23.0 Å². The Hall–Kier alpha value is -4.40. The first-order valence-corrected chi connectivity index (χ1v) is 13.3. The summed E-state index contributed by atoms with van der Waals surface area (Å²) in [6.45, 7) is 2.42. The first kappa shape index (κ1) is 27.2. The number of carbonyl (C=O) groups is 2. The quantitative estimate of drug-likeness (QED) is 0.444. The van der Waals surface area contributed by atoms with Crippen molar-refractivity contribution >= 4 is 17.5 Å². The van der Waals surface area contributed by atoms with Gasteiger partial charge in [0.1, 0.15) is 11.5 Å². The number of rotatable bonds is 7. The van der Waals surface area contributed by atoms with E-state index in [4.69, 9.17) is 18.9 Å². The fourth-order valence-electron chi connectivity index (χ4n) is 5.79. The molecule has 3 aromatic carbocycles. The summed E-state index contributed by atoms with van der Waals surface area (Å²) < 4.78 is 22.0. The Morgan fingerprint density at radius 1 is 0.775 bits per heavy atom. The van der Waals surface area contributed by atoms with Gasteiger partial charge in [-0.15, -0.1) is 0 Å². The molecule has 1 saturated heterocycles. The molecule has 210 valence electrons. The zero-order valence-corrected chi connectivity index (χ0v) is 23.5. The third kappa shape index (κ3) is 4.76. The molecule has 2 amide bonds. The molecule has 9 heteroatoms. The number of carbonyl (C=O) groups excluding carboxylic acids is 2. The van der Waals surface area contributed by atoms with Gasteiger partial charge in [-0.1, -0.05) is 24.3 Å². The first-order valence-electron chi connectivity index (χ1n) is 13.3. The maximum absolute atomic E-state index is 14.4. The molecule has 2 aliphatic rings. The van der Waals surface area contributed by atoms with E-state index in [0.717, 1.165) is 17.0 Å². The molecule has 0 bridgehead atoms. The maximum Gasteiger partial charge on any atom is 0.254 e. The number of likely N-dealkylation sites (N-methyl/N-ethyl adjacent to an activating group) is 1. The number of methoxy groups -OCH3 is 4. The van der Waals surface area contributed by atoms with Crippen LogP contribution in [0.25, 0.3) is 0 Å². The summed E-state index contributed by atoms with van der Waals surface area (Å²) in [5, 5.41) is 0. The van der Waals surface area contributed by atoms with Crippen molar-refractivity contribution in [3.05, 3.63) is 77.4 Å². The van der Waals surface area contributed by atoms with Crippen LogP contribution in [0.1, 0.15) is 33.4 Å². The van der Waals surface area contributed by atoms with Gasteiger partial charge in [-0.3, -0.25) is 9.59 Å². The van der Waals surface area contributed by atoms with Gasteiger partial charge in [0.05, 0.1) is 46.1 Å². The molecule has 2 aliphatic heterocycles. The van der Waals surface area contributed by atoms with Gasteiger partial charge in [-0.05, 0) is 47.5 Å². The Morgan fingerprint density at radius 3 is 2.02 bits per heavy atom. The summed E-state index contributed by atoms with van der Waals surface area (Å²) in [6, 6.07) is 18.4. The predicted octanol–water partition coefficient (Wildman–Crippen LogP) is 3.98. The second-order valence-electron chi connectivity index (χ2n) is 9.89. The number of para-hydroxylation sites is 2. The average molecular weight is 546 g/mol. The summed E-state index contributed by atoms with van der Waals surface area (Å²) in [7, 11) is 8.11. The Bertz CT molecular complexity index is 1380. The Balaban J connectivity index is 1.52. The zero-order valence-electron chi connectivity index (χ0n) is 23.5. The molecule has 9 nitrogen and oxygen atoms in total. The number of hydrogen-bond donors (Lipinski definition) is 0. The molecule has 3 aromatic rings. The van der Waals surface area contributed by atoms with E-state index in [9.17, 15) is 9.59 Å². The third-order valence-corrected chi connectivity index (χ3v) is 7.92. The van der Waals surface area contributed by atoms with Gasteiger partial charge in [0.25, 0.3) is 5.91 Å². The van der Waals surface area contributed by atoms with Crippen LogP contribution in [0.15, 0.2) is 60.7 Å². The number of amides is 2. The number of benzene rings is 3. The fraction of sp³-hybridized carbons (Fsp3) is 0.355. The highest BCUT2D eigenvalue weighted by Gasteiger charge is 2.45. The molecule has 0 aromatic heterocycles. The average Bonchev–Trinajstić information content (AvgIpc) is 3.01. The molecule has 0 aliphatic carbocycles. The minimum Gasteiger partial charge on any atom is -0.497 e. The monoisotopic (exact) mass is 545 g/mol. The summed E-state index contributed by atoms with van der Waals surface area (Å²) in [6.07, 6.45) is 0. The van der Waals surface area contributed by atoms with E-state index in [1.807, 2.05) is 53.4 Å². The largest absolute Gasteiger partial charge is 0.497 e. The lowest BCUT2D eigenvalue weighted by Crippen LogP contribution is -2.53. The zero-order chi connectivity index (χ0) is 28.4. The number of hydrogen-bond acceptors (Lipinski definition) is 7. The predicted molar refractivity (Wildman–Crippen MR) is 152 cm³/mol. The third-order valence-electron chi connectivity index (χ3n) is 7.92. The van der Waals surface area contributed by atoms with E-state index in [2.05, 4.69) is 4.90 Å². The van der Waals surface area contributed by atoms with Gasteiger partial charge < -0.3 is 33.6 Å². The van der Waals surface area contributed by atoms with Crippen molar-refractivity contribution in [2.75, 3.05) is 66.6 Å². The second kappa shape index (κ2) is 11.4. The van der Waals surface area contributed by atoms with Gasteiger partial charge in [0.2, 0.25) is 5.91 Å². The van der Waals surface area contributed by atoms with Crippen LogP contribution in [0, 0.1) is 0 Å². The number of piperazine rings is 1. The lowest BCUT2D eigenvalue weighted by molar-refractivity contribution is -0.134. The van der Waals surface area contributed by atoms with E-state index in [-0.39, 0.29) is 11.8 Å². The highest BCUT2D eigenvalue weighted by molar-refractivity contribution is 6.02. The molecule has 0 saturated carbocycles. The van der Waals surface area contributed by atoms with Crippen LogP contribution in [0.4, 0.5) is 5.69 Å². The maximum atomic E-state index is 14.4. The smallest absolute Gasteiger partial charge is 0.254 e. The Kier molecular flexibility index (Phi) is 7.73. The molecule has 0 unspecified atom stereocenters. The summed E-state index contributed by atoms with van der Waals surface area (Å²) in [5.41, 5.74) is 2.94. The van der Waals surface area contributed by atoms with Gasteiger partial charge >= 0.3 is 0 Å². The normalized spacial score (nSPS) is 18.7. The van der Waals surface area contributed by atoms with Crippen molar-refractivity contribution < 1.29 is 28.5 Å². The Labute approximate surface area is 234 Å². The van der Waals surface area contributed by atoms with Gasteiger partial charge in [0, 0.05) is 38.8 Å². The number of nitrogens with zero attached hydrogens (tertiary/aromatic N) is 3. The highest BCUT2D eigenvalue weighted by Crippen LogP contribution is 2.46. The van der Waals surface area contributed by atoms with Crippen molar-refractivity contribution in [3.8, 4) is 23.0 Å². The second-order valence-corrected chi connectivity index (χ2v) is 9.89. The minimum atomic E-state index is -0.635. The van der Waals surface area contributed by atoms with Crippen LogP contribution < -0.4 is 23.8 Å².